The highest BCUT2D eigenvalue weighted by atomic mass is 79.9. The molecule has 2 rings (SSSR count). The lowest BCUT2D eigenvalue weighted by Gasteiger charge is -2.08. The molecule has 0 aliphatic rings. The summed E-state index contributed by atoms with van der Waals surface area (Å²) in [5.74, 6) is -3.09. The van der Waals surface area contributed by atoms with Crippen LogP contribution in [0.5, 0.6) is 0 Å². The van der Waals surface area contributed by atoms with E-state index >= 15 is 0 Å². The largest absolute Gasteiger partial charge is 0.306 e. The van der Waals surface area contributed by atoms with Gasteiger partial charge in [0.25, 0.3) is 5.91 Å². The van der Waals surface area contributed by atoms with Crippen LogP contribution in [0, 0.1) is 18.7 Å². The van der Waals surface area contributed by atoms with Crippen molar-refractivity contribution < 1.29 is 13.6 Å². The number of rotatable bonds is 2. The van der Waals surface area contributed by atoms with Gasteiger partial charge in [0.2, 0.25) is 5.95 Å². The molecule has 19 heavy (non-hydrogen) atoms. The quantitative estimate of drug-likeness (QED) is 0.862. The first-order valence-corrected chi connectivity index (χ1v) is 6.02. The number of carbonyl (C=O) groups excluding carboxylic acids is 1. The molecule has 7 heteroatoms. The number of hydrogen-bond donors (Lipinski definition) is 1. The van der Waals surface area contributed by atoms with Gasteiger partial charge in [-0.2, -0.15) is 4.39 Å². The number of nitrogens with zero attached hydrogens (tertiary/aromatic N) is 2. The maximum atomic E-state index is 13.4. The summed E-state index contributed by atoms with van der Waals surface area (Å²) in [7, 11) is 0. The fraction of sp³-hybridized carbons (Fsp3) is 0.0833. The van der Waals surface area contributed by atoms with E-state index in [0.29, 0.717) is 5.56 Å². The fourth-order valence-corrected chi connectivity index (χ4v) is 1.89. The maximum absolute atomic E-state index is 13.4. The molecule has 0 aromatic carbocycles. The van der Waals surface area contributed by atoms with Gasteiger partial charge in [-0.15, -0.1) is 0 Å². The summed E-state index contributed by atoms with van der Waals surface area (Å²) in [4.78, 5) is 18.9. The highest BCUT2D eigenvalue weighted by molar-refractivity contribution is 9.10. The lowest BCUT2D eigenvalue weighted by molar-refractivity contribution is 0.102. The van der Waals surface area contributed by atoms with Crippen LogP contribution in [-0.4, -0.2) is 15.9 Å². The van der Waals surface area contributed by atoms with Crippen molar-refractivity contribution in [3.8, 4) is 0 Å². The Hall–Kier alpha value is -1.89. The molecule has 0 fully saturated rings. The van der Waals surface area contributed by atoms with Crippen molar-refractivity contribution in [2.75, 3.05) is 5.32 Å². The summed E-state index contributed by atoms with van der Waals surface area (Å²) < 4.78 is 27.1. The van der Waals surface area contributed by atoms with Crippen LogP contribution in [0.3, 0.4) is 0 Å². The van der Waals surface area contributed by atoms with Crippen LogP contribution >= 0.6 is 15.9 Å². The predicted octanol–water partition coefficient (Wildman–Crippen LogP) is 3.08. The molecule has 2 aromatic heterocycles. The number of carbonyl (C=O) groups is 1. The molecular formula is C12H8BrF2N3O. The second-order valence-electron chi connectivity index (χ2n) is 3.74. The molecule has 1 N–H and O–H groups in total. The van der Waals surface area contributed by atoms with Crippen LogP contribution in [-0.2, 0) is 0 Å². The van der Waals surface area contributed by atoms with Crippen LogP contribution in [0.2, 0.25) is 0 Å². The van der Waals surface area contributed by atoms with Crippen LogP contribution < -0.4 is 5.32 Å². The molecule has 0 radical (unpaired) electrons. The third kappa shape index (κ3) is 2.93. The molecule has 0 atom stereocenters. The molecule has 98 valence electrons. The molecule has 1 amide bonds. The van der Waals surface area contributed by atoms with Crippen molar-refractivity contribution in [3.05, 3.63) is 51.9 Å². The van der Waals surface area contributed by atoms with Crippen molar-refractivity contribution >= 4 is 27.7 Å². The number of amides is 1. The third-order valence-corrected chi connectivity index (χ3v) is 2.80. The Labute approximate surface area is 116 Å². The molecule has 0 aliphatic carbocycles. The zero-order valence-corrected chi connectivity index (χ0v) is 11.3. The monoisotopic (exact) mass is 327 g/mol. The third-order valence-electron chi connectivity index (χ3n) is 2.37. The zero-order valence-electron chi connectivity index (χ0n) is 9.75. The van der Waals surface area contributed by atoms with Gasteiger partial charge in [0, 0.05) is 16.9 Å². The second-order valence-corrected chi connectivity index (χ2v) is 4.65. The molecule has 2 aromatic rings. The molecule has 0 spiro atoms. The van der Waals surface area contributed by atoms with E-state index in [1.807, 2.05) is 0 Å². The number of aromatic nitrogens is 2. The number of anilines is 1. The number of pyridine rings is 2. The minimum absolute atomic E-state index is 0.282. The van der Waals surface area contributed by atoms with Crippen LogP contribution in [0.1, 0.15) is 15.9 Å². The Bertz CT molecular complexity index is 649. The van der Waals surface area contributed by atoms with Gasteiger partial charge in [0.05, 0.1) is 5.56 Å². The number of halogens is 3. The number of nitrogens with one attached hydrogen (secondary N) is 1. The first-order valence-electron chi connectivity index (χ1n) is 5.22. The summed E-state index contributed by atoms with van der Waals surface area (Å²) >= 11 is 3.24. The fourth-order valence-electron chi connectivity index (χ4n) is 1.44. The zero-order chi connectivity index (χ0) is 14.0. The van der Waals surface area contributed by atoms with Gasteiger partial charge in [0.1, 0.15) is 5.82 Å². The van der Waals surface area contributed by atoms with Gasteiger partial charge >= 0.3 is 0 Å². The summed E-state index contributed by atoms with van der Waals surface area (Å²) in [6.07, 6.45) is 2.52. The molecular weight excluding hydrogens is 320 g/mol. The van der Waals surface area contributed by atoms with Crippen LogP contribution in [0.4, 0.5) is 14.6 Å². The lowest BCUT2D eigenvalue weighted by atomic mass is 10.2. The highest BCUT2D eigenvalue weighted by Gasteiger charge is 2.17. The van der Waals surface area contributed by atoms with Gasteiger partial charge in [0.15, 0.2) is 5.82 Å². The standard InChI is InChI=1S/C12H8BrF2N3O/c1-6-4-7(13)5-17-11(6)18-12(19)8-2-3-16-10(15)9(8)14/h2-5H,1H3,(H,17,18,19). The Balaban J connectivity index is 2.28. The average Bonchev–Trinajstić information content (AvgIpc) is 2.36. The summed E-state index contributed by atoms with van der Waals surface area (Å²) in [5.41, 5.74) is 0.272. The van der Waals surface area contributed by atoms with Gasteiger partial charge in [-0.1, -0.05) is 0 Å². The van der Waals surface area contributed by atoms with Gasteiger partial charge in [-0.05, 0) is 40.5 Å². The number of aryl methyl sites for hydroxylation is 1. The van der Waals surface area contributed by atoms with E-state index in [0.717, 1.165) is 16.7 Å². The first-order chi connectivity index (χ1) is 8.99. The summed E-state index contributed by atoms with van der Waals surface area (Å²) in [6.45, 7) is 1.73. The van der Waals surface area contributed by atoms with E-state index in [2.05, 4.69) is 31.2 Å². The van der Waals surface area contributed by atoms with Crippen molar-refractivity contribution in [1.29, 1.82) is 0 Å². The second kappa shape index (κ2) is 5.40. The molecule has 0 saturated carbocycles. The van der Waals surface area contributed by atoms with E-state index in [4.69, 9.17) is 0 Å². The average molecular weight is 328 g/mol. The van der Waals surface area contributed by atoms with Crippen molar-refractivity contribution in [3.63, 3.8) is 0 Å². The molecule has 0 saturated heterocycles. The molecule has 0 unspecified atom stereocenters. The van der Waals surface area contributed by atoms with E-state index in [1.54, 1.807) is 13.0 Å². The van der Waals surface area contributed by atoms with Crippen molar-refractivity contribution in [1.82, 2.24) is 9.97 Å². The van der Waals surface area contributed by atoms with Crippen LogP contribution in [0.25, 0.3) is 0 Å². The van der Waals surface area contributed by atoms with Gasteiger partial charge in [-0.3, -0.25) is 4.79 Å². The predicted molar refractivity (Wildman–Crippen MR) is 68.8 cm³/mol. The molecule has 0 aliphatic heterocycles. The van der Waals surface area contributed by atoms with Crippen LogP contribution in [0.15, 0.2) is 29.0 Å². The normalized spacial score (nSPS) is 10.3. The maximum Gasteiger partial charge on any atom is 0.260 e. The Kier molecular flexibility index (Phi) is 3.84. The van der Waals surface area contributed by atoms with E-state index in [-0.39, 0.29) is 5.82 Å². The SMILES string of the molecule is Cc1cc(Br)cnc1NC(=O)c1ccnc(F)c1F. The van der Waals surface area contributed by atoms with Crippen molar-refractivity contribution in [2.45, 2.75) is 6.92 Å². The topological polar surface area (TPSA) is 54.9 Å². The Morgan fingerprint density at radius 2 is 2.11 bits per heavy atom. The minimum atomic E-state index is -1.31. The van der Waals surface area contributed by atoms with E-state index < -0.39 is 23.2 Å². The first kappa shape index (κ1) is 13.5. The highest BCUT2D eigenvalue weighted by Crippen LogP contribution is 2.18. The van der Waals surface area contributed by atoms with Gasteiger partial charge < -0.3 is 5.32 Å². The van der Waals surface area contributed by atoms with E-state index in [9.17, 15) is 13.6 Å². The molecule has 0 bridgehead atoms. The Morgan fingerprint density at radius 3 is 2.79 bits per heavy atom. The smallest absolute Gasteiger partial charge is 0.260 e. The van der Waals surface area contributed by atoms with E-state index in [1.165, 1.54) is 6.20 Å². The van der Waals surface area contributed by atoms with Gasteiger partial charge in [-0.25, -0.2) is 14.4 Å². The molecule has 2 heterocycles. The van der Waals surface area contributed by atoms with Crippen molar-refractivity contribution in [2.24, 2.45) is 0 Å². The lowest BCUT2D eigenvalue weighted by Crippen LogP contribution is -2.16. The minimum Gasteiger partial charge on any atom is -0.306 e. The summed E-state index contributed by atoms with van der Waals surface area (Å²) in [6, 6.07) is 2.84. The number of hydrogen-bond acceptors (Lipinski definition) is 3. The Morgan fingerprint density at radius 1 is 1.37 bits per heavy atom. The summed E-state index contributed by atoms with van der Waals surface area (Å²) in [5, 5.41) is 2.42. The molecule has 4 nitrogen and oxygen atoms in total.